The maximum Gasteiger partial charge on any atom is 0.290 e. The average molecular weight is 371 g/mol. The number of hydrogen-bond donors (Lipinski definition) is 1. The first-order valence-corrected chi connectivity index (χ1v) is 8.77. The zero-order valence-electron chi connectivity index (χ0n) is 14.3. The van der Waals surface area contributed by atoms with Crippen LogP contribution in [-0.4, -0.2) is 27.3 Å². The number of aromatic nitrogens is 2. The van der Waals surface area contributed by atoms with Crippen molar-refractivity contribution in [3.63, 3.8) is 0 Å². The Labute approximate surface area is 154 Å². The van der Waals surface area contributed by atoms with Gasteiger partial charge in [-0.2, -0.15) is 0 Å². The van der Waals surface area contributed by atoms with E-state index in [-0.39, 0.29) is 16.7 Å². The van der Waals surface area contributed by atoms with Gasteiger partial charge in [0.1, 0.15) is 18.2 Å². The van der Waals surface area contributed by atoms with Crippen molar-refractivity contribution in [2.45, 2.75) is 20.4 Å². The fourth-order valence-corrected chi connectivity index (χ4v) is 3.21. The Bertz CT molecular complexity index is 948. The van der Waals surface area contributed by atoms with Crippen molar-refractivity contribution in [2.75, 3.05) is 6.61 Å². The lowest BCUT2D eigenvalue weighted by Gasteiger charge is -2.11. The summed E-state index contributed by atoms with van der Waals surface area (Å²) < 4.78 is 7.23. The molecule has 26 heavy (non-hydrogen) atoms. The molecule has 1 aromatic heterocycles. The normalized spacial score (nSPS) is 15.4. The molecule has 1 saturated heterocycles. The molecule has 0 unspecified atom stereocenters. The van der Waals surface area contributed by atoms with Gasteiger partial charge in [0.05, 0.1) is 11.4 Å². The number of carbonyl (C=O) groups excluding carboxylic acids is 2. The van der Waals surface area contributed by atoms with E-state index in [1.54, 1.807) is 48.8 Å². The number of ether oxygens (including phenoxy) is 1. The Balaban J connectivity index is 1.60. The molecule has 0 saturated carbocycles. The zero-order chi connectivity index (χ0) is 18.7. The topological polar surface area (TPSA) is 90.3 Å². The van der Waals surface area contributed by atoms with Crippen molar-refractivity contribution in [1.29, 1.82) is 0 Å². The van der Waals surface area contributed by atoms with Crippen molar-refractivity contribution >= 4 is 29.0 Å². The molecule has 0 aliphatic carbocycles. The van der Waals surface area contributed by atoms with Crippen molar-refractivity contribution < 1.29 is 14.3 Å². The van der Waals surface area contributed by atoms with Gasteiger partial charge in [0.2, 0.25) is 0 Å². The van der Waals surface area contributed by atoms with E-state index < -0.39 is 0 Å². The Morgan fingerprint density at radius 2 is 1.92 bits per heavy atom. The van der Waals surface area contributed by atoms with Gasteiger partial charge in [0.25, 0.3) is 16.7 Å². The largest absolute Gasteiger partial charge is 0.492 e. The SMILES string of the molecule is Cc1cc(=O)n(CCOc2ccc(C=C3SC(=O)NC3=O)cc2)c(C)n1. The van der Waals surface area contributed by atoms with Crippen molar-refractivity contribution in [3.05, 3.63) is 62.7 Å². The summed E-state index contributed by atoms with van der Waals surface area (Å²) >= 11 is 0.880. The van der Waals surface area contributed by atoms with Crippen LogP contribution < -0.4 is 15.6 Å². The summed E-state index contributed by atoms with van der Waals surface area (Å²) in [5.41, 5.74) is 1.40. The molecular weight excluding hydrogens is 354 g/mol. The zero-order valence-corrected chi connectivity index (χ0v) is 15.1. The van der Waals surface area contributed by atoms with Crippen LogP contribution in [0.2, 0.25) is 0 Å². The van der Waals surface area contributed by atoms with Crippen LogP contribution in [0.1, 0.15) is 17.1 Å². The second kappa shape index (κ2) is 7.57. The van der Waals surface area contributed by atoms with E-state index in [1.807, 2.05) is 0 Å². The number of nitrogens with one attached hydrogen (secondary N) is 1. The highest BCUT2D eigenvalue weighted by Gasteiger charge is 2.24. The maximum atomic E-state index is 12.0. The second-order valence-electron chi connectivity index (χ2n) is 5.70. The minimum absolute atomic E-state index is 0.0949. The predicted molar refractivity (Wildman–Crippen MR) is 99.0 cm³/mol. The highest BCUT2D eigenvalue weighted by molar-refractivity contribution is 8.18. The lowest BCUT2D eigenvalue weighted by atomic mass is 10.2. The number of rotatable bonds is 5. The molecule has 2 aromatic rings. The van der Waals surface area contributed by atoms with Crippen LogP contribution in [0.5, 0.6) is 5.75 Å². The molecular formula is C18H17N3O4S. The number of benzene rings is 1. The molecule has 1 N–H and O–H groups in total. The van der Waals surface area contributed by atoms with Gasteiger partial charge in [-0.3, -0.25) is 24.3 Å². The van der Waals surface area contributed by atoms with Gasteiger partial charge in [0.15, 0.2) is 0 Å². The van der Waals surface area contributed by atoms with Crippen LogP contribution in [0, 0.1) is 13.8 Å². The number of thioether (sulfide) groups is 1. The van der Waals surface area contributed by atoms with Gasteiger partial charge < -0.3 is 4.74 Å². The lowest BCUT2D eigenvalue weighted by Crippen LogP contribution is -2.26. The van der Waals surface area contributed by atoms with Gasteiger partial charge in [-0.25, -0.2) is 4.98 Å². The molecule has 2 heterocycles. The highest BCUT2D eigenvalue weighted by Crippen LogP contribution is 2.26. The van der Waals surface area contributed by atoms with Crippen molar-refractivity contribution in [3.8, 4) is 5.75 Å². The van der Waals surface area contributed by atoms with Gasteiger partial charge >= 0.3 is 0 Å². The number of hydrogen-bond acceptors (Lipinski definition) is 6. The first-order chi connectivity index (χ1) is 12.4. The summed E-state index contributed by atoms with van der Waals surface area (Å²) in [6, 6.07) is 8.63. The monoisotopic (exact) mass is 371 g/mol. The van der Waals surface area contributed by atoms with Crippen LogP contribution >= 0.6 is 11.8 Å². The number of carbonyl (C=O) groups is 2. The van der Waals surface area contributed by atoms with E-state index in [0.29, 0.717) is 35.3 Å². The van der Waals surface area contributed by atoms with Crippen LogP contribution in [0.25, 0.3) is 6.08 Å². The third kappa shape index (κ3) is 4.20. The quantitative estimate of drug-likeness (QED) is 0.811. The Morgan fingerprint density at radius 1 is 1.19 bits per heavy atom. The minimum atomic E-state index is -0.382. The summed E-state index contributed by atoms with van der Waals surface area (Å²) in [5.74, 6) is 0.924. The van der Waals surface area contributed by atoms with Gasteiger partial charge in [0, 0.05) is 11.8 Å². The second-order valence-corrected chi connectivity index (χ2v) is 6.72. The lowest BCUT2D eigenvalue weighted by molar-refractivity contribution is -0.115. The van der Waals surface area contributed by atoms with Gasteiger partial charge in [-0.1, -0.05) is 12.1 Å². The summed E-state index contributed by atoms with van der Waals surface area (Å²) in [6.07, 6.45) is 1.65. The minimum Gasteiger partial charge on any atom is -0.492 e. The molecule has 1 aromatic carbocycles. The molecule has 1 fully saturated rings. The number of imide groups is 1. The van der Waals surface area contributed by atoms with E-state index in [2.05, 4.69) is 10.3 Å². The third-order valence-corrected chi connectivity index (χ3v) is 4.54. The van der Waals surface area contributed by atoms with E-state index >= 15 is 0 Å². The summed E-state index contributed by atoms with van der Waals surface area (Å²) in [5, 5.41) is 1.85. The smallest absolute Gasteiger partial charge is 0.290 e. The number of aryl methyl sites for hydroxylation is 2. The Hall–Kier alpha value is -2.87. The van der Waals surface area contributed by atoms with Crippen LogP contribution in [0.4, 0.5) is 4.79 Å². The molecule has 1 aliphatic rings. The van der Waals surface area contributed by atoms with Crippen molar-refractivity contribution in [2.24, 2.45) is 0 Å². The Morgan fingerprint density at radius 3 is 2.54 bits per heavy atom. The molecule has 2 amide bonds. The van der Waals surface area contributed by atoms with E-state index in [1.165, 1.54) is 6.07 Å². The molecule has 0 spiro atoms. The van der Waals surface area contributed by atoms with Crippen LogP contribution in [0.3, 0.4) is 0 Å². The van der Waals surface area contributed by atoms with E-state index in [4.69, 9.17) is 4.74 Å². The van der Waals surface area contributed by atoms with Gasteiger partial charge in [-0.15, -0.1) is 0 Å². The van der Waals surface area contributed by atoms with Crippen LogP contribution in [-0.2, 0) is 11.3 Å². The summed E-state index contributed by atoms with van der Waals surface area (Å²) in [4.78, 5) is 39.3. The van der Waals surface area contributed by atoms with E-state index in [9.17, 15) is 14.4 Å². The van der Waals surface area contributed by atoms with Gasteiger partial charge in [-0.05, 0) is 49.4 Å². The molecule has 134 valence electrons. The van der Waals surface area contributed by atoms with E-state index in [0.717, 1.165) is 17.3 Å². The maximum absolute atomic E-state index is 12.0. The molecule has 0 atom stereocenters. The molecule has 3 rings (SSSR count). The summed E-state index contributed by atoms with van der Waals surface area (Å²) in [6.45, 7) is 4.32. The Kier molecular flexibility index (Phi) is 5.22. The fourth-order valence-electron chi connectivity index (χ4n) is 2.52. The average Bonchev–Trinajstić information content (AvgIpc) is 2.89. The number of nitrogens with zero attached hydrogens (tertiary/aromatic N) is 2. The predicted octanol–water partition coefficient (Wildman–Crippen LogP) is 2.26. The summed E-state index contributed by atoms with van der Waals surface area (Å²) in [7, 11) is 0. The third-order valence-electron chi connectivity index (χ3n) is 3.73. The molecule has 1 aliphatic heterocycles. The van der Waals surface area contributed by atoms with Crippen LogP contribution in [0.15, 0.2) is 40.0 Å². The molecule has 8 heteroatoms. The first-order valence-electron chi connectivity index (χ1n) is 7.95. The molecule has 0 radical (unpaired) electrons. The molecule has 7 nitrogen and oxygen atoms in total. The number of amides is 2. The first kappa shape index (κ1) is 17.9. The van der Waals surface area contributed by atoms with Crippen molar-refractivity contribution in [1.82, 2.24) is 14.9 Å². The highest BCUT2D eigenvalue weighted by atomic mass is 32.2. The molecule has 0 bridgehead atoms. The standard InChI is InChI=1S/C18H17N3O4S/c1-11-9-16(22)21(12(2)19-11)7-8-25-14-5-3-13(4-6-14)10-15-17(23)20-18(24)26-15/h3-6,9-10H,7-8H2,1-2H3,(H,20,23,24). The fraction of sp³-hybridized carbons (Fsp3) is 0.222.